The highest BCUT2D eigenvalue weighted by Crippen LogP contribution is 2.41. The van der Waals surface area contributed by atoms with Crippen LogP contribution in [0.3, 0.4) is 0 Å². The highest BCUT2D eigenvalue weighted by Gasteiger charge is 2.41. The van der Waals surface area contributed by atoms with Gasteiger partial charge < -0.3 is 15.5 Å². The van der Waals surface area contributed by atoms with Crippen LogP contribution in [-0.2, 0) is 17.1 Å². The van der Waals surface area contributed by atoms with E-state index < -0.39 is 40.6 Å². The molecule has 2 N–H and O–H groups in total. The van der Waals surface area contributed by atoms with Crippen molar-refractivity contribution in [1.82, 2.24) is 10.2 Å². The molecule has 6 aromatic rings. The summed E-state index contributed by atoms with van der Waals surface area (Å²) in [4.78, 5) is 16.4. The first kappa shape index (κ1) is 38.8. The Hall–Kier alpha value is -5.42. The van der Waals surface area contributed by atoms with Crippen LogP contribution in [0, 0.1) is 5.41 Å². The summed E-state index contributed by atoms with van der Waals surface area (Å²) < 4.78 is 81.4. The maximum absolute atomic E-state index is 14.6. The van der Waals surface area contributed by atoms with Gasteiger partial charge >= 0.3 is 12.4 Å². The number of nitrogens with zero attached hydrogens (tertiary/aromatic N) is 1. The molecule has 2 atom stereocenters. The predicted octanol–water partition coefficient (Wildman–Crippen LogP) is 12.4. The number of halogens is 6. The van der Waals surface area contributed by atoms with Crippen molar-refractivity contribution in [3.63, 3.8) is 0 Å². The van der Waals surface area contributed by atoms with Gasteiger partial charge in [0.05, 0.1) is 17.2 Å². The first-order valence-corrected chi connectivity index (χ1v) is 18.7. The van der Waals surface area contributed by atoms with E-state index in [4.69, 9.17) is 12.2 Å². The smallest absolute Gasteiger partial charge is 0.350 e. The largest absolute Gasteiger partial charge is 0.416 e. The van der Waals surface area contributed by atoms with Gasteiger partial charge in [0.15, 0.2) is 5.11 Å². The fraction of sp³-hybridized carbons (Fsp3) is 0.244. The number of hydrogen-bond acceptors (Lipinski definition) is 2. The van der Waals surface area contributed by atoms with Crippen LogP contribution in [-0.4, -0.2) is 28.5 Å². The average Bonchev–Trinajstić information content (AvgIpc) is 3.65. The number of hydrogen-bond donors (Lipinski definition) is 2. The summed E-state index contributed by atoms with van der Waals surface area (Å²) in [6.45, 7) is 5.91. The number of carbonyl (C=O) groups is 1. The molecular formula is C45H39F6N3OS. The van der Waals surface area contributed by atoms with Gasteiger partial charge in [-0.15, -0.1) is 0 Å². The van der Waals surface area contributed by atoms with Crippen molar-refractivity contribution < 1.29 is 31.1 Å². The molecule has 0 radical (unpaired) electrons. The van der Waals surface area contributed by atoms with Crippen molar-refractivity contribution >= 4 is 50.5 Å². The van der Waals surface area contributed by atoms with Crippen molar-refractivity contribution in [3.8, 4) is 22.3 Å². The normalized spacial score (nSPS) is 15.6. The zero-order valence-corrected chi connectivity index (χ0v) is 31.7. The second-order valence-corrected chi connectivity index (χ2v) is 15.8. The lowest BCUT2D eigenvalue weighted by molar-refractivity contribution is -0.143. The fourth-order valence-corrected chi connectivity index (χ4v) is 7.67. The number of nitrogens with one attached hydrogen (secondary N) is 2. The minimum absolute atomic E-state index is 0.0526. The summed E-state index contributed by atoms with van der Waals surface area (Å²) in [5.41, 5.74) is 0.762. The molecule has 1 aliphatic rings. The molecule has 11 heteroatoms. The van der Waals surface area contributed by atoms with E-state index in [1.165, 1.54) is 0 Å². The number of thiocarbonyl (C=S) groups is 1. The van der Waals surface area contributed by atoms with Crippen LogP contribution in [0.1, 0.15) is 56.3 Å². The van der Waals surface area contributed by atoms with Crippen LogP contribution < -0.4 is 10.6 Å². The fourth-order valence-electron chi connectivity index (χ4n) is 7.43. The quantitative estimate of drug-likeness (QED) is 0.130. The van der Waals surface area contributed by atoms with E-state index in [1.807, 2.05) is 45.0 Å². The van der Waals surface area contributed by atoms with Gasteiger partial charge in [0.2, 0.25) is 5.91 Å². The summed E-state index contributed by atoms with van der Waals surface area (Å²) >= 11 is 5.43. The van der Waals surface area contributed by atoms with E-state index in [0.29, 0.717) is 25.1 Å². The topological polar surface area (TPSA) is 44.4 Å². The van der Waals surface area contributed by atoms with E-state index in [2.05, 4.69) is 89.5 Å². The van der Waals surface area contributed by atoms with Crippen LogP contribution in [0.4, 0.5) is 32.0 Å². The Balaban J connectivity index is 1.22. The van der Waals surface area contributed by atoms with Crippen LogP contribution in [0.25, 0.3) is 43.8 Å². The van der Waals surface area contributed by atoms with Gasteiger partial charge in [-0.3, -0.25) is 4.79 Å². The lowest BCUT2D eigenvalue weighted by Gasteiger charge is -2.36. The van der Waals surface area contributed by atoms with Gasteiger partial charge in [-0.2, -0.15) is 26.3 Å². The second-order valence-electron chi connectivity index (χ2n) is 15.3. The SMILES string of the molecule is CC(C)(C)[C@H](NC(=S)Nc1cc(C(F)(F)F)cc(C(F)(F)F)c1)C(=O)N1CCC[C@@H]1c1cc(-c2ccc3ccccc3c2)cc(-c2ccc3ccccc3c2)c1. The Morgan fingerprint density at radius 2 is 1.16 bits per heavy atom. The highest BCUT2D eigenvalue weighted by molar-refractivity contribution is 7.80. The van der Waals surface area contributed by atoms with Gasteiger partial charge in [0.1, 0.15) is 6.04 Å². The Bertz CT molecular complexity index is 2320. The molecule has 7 rings (SSSR count). The summed E-state index contributed by atoms with van der Waals surface area (Å²) in [7, 11) is 0. The zero-order chi connectivity index (χ0) is 40.0. The number of likely N-dealkylation sites (tertiary alicyclic amines) is 1. The summed E-state index contributed by atoms with van der Waals surface area (Å²) in [6.07, 6.45) is -8.64. The molecule has 288 valence electrons. The molecule has 0 aromatic heterocycles. The van der Waals surface area contributed by atoms with Crippen LogP contribution in [0.15, 0.2) is 121 Å². The number of carbonyl (C=O) groups excluding carboxylic acids is 1. The average molecular weight is 784 g/mol. The van der Waals surface area contributed by atoms with Gasteiger partial charge in [0, 0.05) is 12.2 Å². The molecule has 1 saturated heterocycles. The molecule has 0 spiro atoms. The molecule has 56 heavy (non-hydrogen) atoms. The Kier molecular flexibility index (Phi) is 10.3. The zero-order valence-electron chi connectivity index (χ0n) is 30.9. The molecule has 0 bridgehead atoms. The minimum Gasteiger partial charge on any atom is -0.350 e. The van der Waals surface area contributed by atoms with E-state index in [0.717, 1.165) is 55.8 Å². The molecule has 0 aliphatic carbocycles. The number of alkyl halides is 6. The molecule has 1 fully saturated rings. The number of fused-ring (bicyclic) bond motifs is 2. The predicted molar refractivity (Wildman–Crippen MR) is 215 cm³/mol. The maximum Gasteiger partial charge on any atom is 0.416 e. The van der Waals surface area contributed by atoms with E-state index >= 15 is 0 Å². The molecule has 1 amide bonds. The van der Waals surface area contributed by atoms with Gasteiger partial charge in [-0.1, -0.05) is 93.6 Å². The Morgan fingerprint density at radius 1 is 0.661 bits per heavy atom. The van der Waals surface area contributed by atoms with Gasteiger partial charge in [-0.05, 0) is 128 Å². The summed E-state index contributed by atoms with van der Waals surface area (Å²) in [5.74, 6) is -0.285. The minimum atomic E-state index is -5.03. The molecule has 1 aliphatic heterocycles. The number of anilines is 1. The van der Waals surface area contributed by atoms with Crippen molar-refractivity contribution in [2.75, 3.05) is 11.9 Å². The van der Waals surface area contributed by atoms with E-state index in [9.17, 15) is 31.1 Å². The van der Waals surface area contributed by atoms with Crippen molar-refractivity contribution in [3.05, 3.63) is 138 Å². The first-order chi connectivity index (χ1) is 26.4. The third kappa shape index (κ3) is 8.38. The lowest BCUT2D eigenvalue weighted by Crippen LogP contribution is -2.55. The summed E-state index contributed by atoms with van der Waals surface area (Å²) in [5, 5.41) is 9.60. The standard InChI is InChI=1S/C45H39F6N3OS/c1-43(2,3)40(53-42(56)52-38-25-36(44(46,47)48)24-37(26-38)45(49,50)51)41(55)54-18-8-13-39(54)35-22-33(31-16-14-27-9-4-6-11-29(27)19-31)21-34(23-35)32-17-15-28-10-5-7-12-30(28)20-32/h4-7,9-12,14-17,19-26,39-40H,8,13,18H2,1-3H3,(H2,52,53,56)/t39-,40-/m1/s1. The third-order valence-electron chi connectivity index (χ3n) is 10.3. The first-order valence-electron chi connectivity index (χ1n) is 18.2. The number of rotatable bonds is 6. The van der Waals surface area contributed by atoms with Crippen LogP contribution in [0.5, 0.6) is 0 Å². The van der Waals surface area contributed by atoms with Crippen molar-refractivity contribution in [1.29, 1.82) is 0 Å². The molecule has 6 aromatic carbocycles. The van der Waals surface area contributed by atoms with E-state index in [-0.39, 0.29) is 23.1 Å². The number of benzene rings is 6. The Morgan fingerprint density at radius 3 is 1.64 bits per heavy atom. The molecule has 0 unspecified atom stereocenters. The molecule has 4 nitrogen and oxygen atoms in total. The molecular weight excluding hydrogens is 745 g/mol. The van der Waals surface area contributed by atoms with Gasteiger partial charge in [-0.25, -0.2) is 0 Å². The van der Waals surface area contributed by atoms with Gasteiger partial charge in [0.25, 0.3) is 0 Å². The Labute approximate surface area is 326 Å². The van der Waals surface area contributed by atoms with Crippen LogP contribution >= 0.6 is 12.2 Å². The van der Waals surface area contributed by atoms with Crippen molar-refractivity contribution in [2.24, 2.45) is 5.41 Å². The van der Waals surface area contributed by atoms with Crippen molar-refractivity contribution in [2.45, 2.75) is 58.0 Å². The third-order valence-corrected chi connectivity index (χ3v) is 10.5. The summed E-state index contributed by atoms with van der Waals surface area (Å²) in [6, 6.07) is 35.3. The van der Waals surface area contributed by atoms with Crippen LogP contribution in [0.2, 0.25) is 0 Å². The van der Waals surface area contributed by atoms with E-state index in [1.54, 1.807) is 4.90 Å². The highest BCUT2D eigenvalue weighted by atomic mass is 32.1. The second kappa shape index (κ2) is 14.9. The molecule has 0 saturated carbocycles. The monoisotopic (exact) mass is 783 g/mol. The molecule has 1 heterocycles. The lowest BCUT2D eigenvalue weighted by atomic mass is 9.85. The number of amides is 1. The maximum atomic E-state index is 14.6.